The third kappa shape index (κ3) is 5.04. The maximum atomic E-state index is 11.7. The molecule has 0 spiro atoms. The zero-order chi connectivity index (χ0) is 15.8. The van der Waals surface area contributed by atoms with Gasteiger partial charge < -0.3 is 19.5 Å². The number of benzene rings is 1. The summed E-state index contributed by atoms with van der Waals surface area (Å²) in [7, 11) is 0. The smallest absolute Gasteiger partial charge is 0.338 e. The number of hydrogen-bond donors (Lipinski definition) is 1. The van der Waals surface area contributed by atoms with Gasteiger partial charge in [0.15, 0.2) is 6.61 Å². The van der Waals surface area contributed by atoms with Crippen molar-refractivity contribution in [1.29, 1.82) is 0 Å². The van der Waals surface area contributed by atoms with Crippen LogP contribution in [0.4, 0.5) is 0 Å². The molecule has 1 N–H and O–H groups in total. The van der Waals surface area contributed by atoms with Crippen molar-refractivity contribution in [2.45, 2.75) is 25.9 Å². The fourth-order valence-corrected chi connectivity index (χ4v) is 2.13. The van der Waals surface area contributed by atoms with Crippen molar-refractivity contribution >= 4 is 11.9 Å². The summed E-state index contributed by atoms with van der Waals surface area (Å²) >= 11 is 0. The Balaban J connectivity index is 1.71. The molecular weight excluding hydrogens is 286 g/mol. The first-order valence-electron chi connectivity index (χ1n) is 7.47. The molecule has 1 aromatic rings. The van der Waals surface area contributed by atoms with Crippen LogP contribution >= 0.6 is 0 Å². The molecule has 2 rings (SSSR count). The van der Waals surface area contributed by atoms with E-state index in [2.05, 4.69) is 5.32 Å². The molecule has 1 aliphatic rings. The molecule has 1 unspecified atom stereocenters. The van der Waals surface area contributed by atoms with Gasteiger partial charge in [-0.2, -0.15) is 0 Å². The van der Waals surface area contributed by atoms with Gasteiger partial charge in [-0.1, -0.05) is 0 Å². The van der Waals surface area contributed by atoms with E-state index in [1.54, 1.807) is 31.2 Å². The molecule has 0 aromatic heterocycles. The maximum absolute atomic E-state index is 11.7. The lowest BCUT2D eigenvalue weighted by atomic mass is 10.2. The van der Waals surface area contributed by atoms with Crippen LogP contribution in [-0.2, 0) is 14.3 Å². The Morgan fingerprint density at radius 1 is 1.32 bits per heavy atom. The first kappa shape index (κ1) is 16.3. The zero-order valence-electron chi connectivity index (χ0n) is 12.7. The number of nitrogens with one attached hydrogen (secondary N) is 1. The Kier molecular flexibility index (Phi) is 6.21. The second kappa shape index (κ2) is 8.38. The first-order valence-corrected chi connectivity index (χ1v) is 7.47. The van der Waals surface area contributed by atoms with Crippen molar-refractivity contribution in [2.24, 2.45) is 0 Å². The number of amides is 1. The van der Waals surface area contributed by atoms with Gasteiger partial charge in [0.25, 0.3) is 5.91 Å². The van der Waals surface area contributed by atoms with Gasteiger partial charge in [-0.25, -0.2) is 4.79 Å². The highest BCUT2D eigenvalue weighted by atomic mass is 16.5. The SMILES string of the molecule is CCOC(=O)c1ccc(OCC(=O)NCC2CCCO2)cc1. The van der Waals surface area contributed by atoms with Crippen LogP contribution in [0.2, 0.25) is 0 Å². The number of hydrogen-bond acceptors (Lipinski definition) is 5. The molecule has 1 amide bonds. The predicted octanol–water partition coefficient (Wildman–Crippen LogP) is 1.54. The monoisotopic (exact) mass is 307 g/mol. The molecule has 6 nitrogen and oxygen atoms in total. The van der Waals surface area contributed by atoms with Gasteiger partial charge in [-0.15, -0.1) is 0 Å². The number of ether oxygens (including phenoxy) is 3. The zero-order valence-corrected chi connectivity index (χ0v) is 12.7. The van der Waals surface area contributed by atoms with Crippen LogP contribution in [0, 0.1) is 0 Å². The second-order valence-electron chi connectivity index (χ2n) is 4.97. The quantitative estimate of drug-likeness (QED) is 0.773. The summed E-state index contributed by atoms with van der Waals surface area (Å²) in [5, 5.41) is 2.78. The minimum absolute atomic E-state index is 0.0640. The van der Waals surface area contributed by atoms with Crippen molar-refractivity contribution in [3.63, 3.8) is 0 Å². The van der Waals surface area contributed by atoms with E-state index in [-0.39, 0.29) is 24.6 Å². The van der Waals surface area contributed by atoms with E-state index in [0.29, 0.717) is 24.5 Å². The van der Waals surface area contributed by atoms with E-state index in [1.807, 2.05) is 0 Å². The molecule has 0 bridgehead atoms. The van der Waals surface area contributed by atoms with E-state index in [0.717, 1.165) is 19.4 Å². The summed E-state index contributed by atoms with van der Waals surface area (Å²) < 4.78 is 15.7. The highest BCUT2D eigenvalue weighted by Gasteiger charge is 2.16. The van der Waals surface area contributed by atoms with Crippen molar-refractivity contribution in [3.8, 4) is 5.75 Å². The minimum Gasteiger partial charge on any atom is -0.484 e. The summed E-state index contributed by atoms with van der Waals surface area (Å²) in [6, 6.07) is 6.49. The maximum Gasteiger partial charge on any atom is 0.338 e. The van der Waals surface area contributed by atoms with Gasteiger partial charge in [0.1, 0.15) is 5.75 Å². The number of rotatable bonds is 7. The average Bonchev–Trinajstić information content (AvgIpc) is 3.05. The van der Waals surface area contributed by atoms with Crippen molar-refractivity contribution in [1.82, 2.24) is 5.32 Å². The van der Waals surface area contributed by atoms with Crippen LogP contribution in [0.1, 0.15) is 30.1 Å². The standard InChI is InChI=1S/C16H21NO5/c1-2-20-16(19)12-5-7-13(8-6-12)22-11-15(18)17-10-14-4-3-9-21-14/h5-8,14H,2-4,9-11H2,1H3,(H,17,18). The van der Waals surface area contributed by atoms with E-state index < -0.39 is 0 Å². The minimum atomic E-state index is -0.372. The molecule has 1 aromatic carbocycles. The molecule has 1 atom stereocenters. The Morgan fingerprint density at radius 3 is 2.73 bits per heavy atom. The van der Waals surface area contributed by atoms with Crippen LogP contribution in [0.5, 0.6) is 5.75 Å². The van der Waals surface area contributed by atoms with Crippen molar-refractivity contribution < 1.29 is 23.8 Å². The van der Waals surface area contributed by atoms with Gasteiger partial charge in [0.2, 0.25) is 0 Å². The molecule has 120 valence electrons. The van der Waals surface area contributed by atoms with Crippen LogP contribution in [0.15, 0.2) is 24.3 Å². The lowest BCUT2D eigenvalue weighted by Gasteiger charge is -2.11. The molecule has 6 heteroatoms. The predicted molar refractivity (Wildman–Crippen MR) is 79.9 cm³/mol. The van der Waals surface area contributed by atoms with Crippen molar-refractivity contribution in [2.75, 3.05) is 26.4 Å². The summed E-state index contributed by atoms with van der Waals surface area (Å²) in [6.07, 6.45) is 2.15. The third-order valence-corrected chi connectivity index (χ3v) is 3.29. The Hall–Kier alpha value is -2.08. The molecule has 0 radical (unpaired) electrons. The summed E-state index contributed by atoms with van der Waals surface area (Å²) in [5.41, 5.74) is 0.456. The van der Waals surface area contributed by atoms with Crippen LogP contribution in [0.25, 0.3) is 0 Å². The van der Waals surface area contributed by atoms with Crippen molar-refractivity contribution in [3.05, 3.63) is 29.8 Å². The van der Waals surface area contributed by atoms with Crippen LogP contribution in [0.3, 0.4) is 0 Å². The van der Waals surface area contributed by atoms with E-state index in [9.17, 15) is 9.59 Å². The van der Waals surface area contributed by atoms with E-state index >= 15 is 0 Å². The number of esters is 1. The molecule has 1 aliphatic heterocycles. The second-order valence-corrected chi connectivity index (χ2v) is 4.97. The topological polar surface area (TPSA) is 73.9 Å². The molecule has 1 fully saturated rings. The summed E-state index contributed by atoms with van der Waals surface area (Å²) in [6.45, 7) is 3.31. The third-order valence-electron chi connectivity index (χ3n) is 3.29. The molecule has 0 saturated carbocycles. The lowest BCUT2D eigenvalue weighted by Crippen LogP contribution is -2.35. The fraction of sp³-hybridized carbons (Fsp3) is 0.500. The molecule has 22 heavy (non-hydrogen) atoms. The highest BCUT2D eigenvalue weighted by Crippen LogP contribution is 2.13. The Morgan fingerprint density at radius 2 is 2.09 bits per heavy atom. The van der Waals surface area contributed by atoms with Crippen LogP contribution in [-0.4, -0.2) is 44.3 Å². The van der Waals surface area contributed by atoms with Crippen LogP contribution < -0.4 is 10.1 Å². The fourth-order valence-electron chi connectivity index (χ4n) is 2.13. The molecule has 0 aliphatic carbocycles. The highest BCUT2D eigenvalue weighted by molar-refractivity contribution is 5.89. The Bertz CT molecular complexity index is 494. The van der Waals surface area contributed by atoms with Gasteiger partial charge >= 0.3 is 5.97 Å². The summed E-state index contributed by atoms with van der Waals surface area (Å²) in [5.74, 6) is -0.0337. The molecular formula is C16H21NO5. The van der Waals surface area contributed by atoms with E-state index in [4.69, 9.17) is 14.2 Å². The number of carbonyl (C=O) groups excluding carboxylic acids is 2. The Labute approximate surface area is 129 Å². The normalized spacial score (nSPS) is 17.0. The average molecular weight is 307 g/mol. The molecule has 1 saturated heterocycles. The van der Waals surface area contributed by atoms with Gasteiger partial charge in [0.05, 0.1) is 18.3 Å². The first-order chi connectivity index (χ1) is 10.7. The van der Waals surface area contributed by atoms with Gasteiger partial charge in [-0.05, 0) is 44.0 Å². The van der Waals surface area contributed by atoms with Gasteiger partial charge in [0, 0.05) is 13.2 Å². The molecule has 1 heterocycles. The lowest BCUT2D eigenvalue weighted by molar-refractivity contribution is -0.123. The van der Waals surface area contributed by atoms with Gasteiger partial charge in [-0.3, -0.25) is 4.79 Å². The number of carbonyl (C=O) groups is 2. The summed E-state index contributed by atoms with van der Waals surface area (Å²) in [4.78, 5) is 23.2. The van der Waals surface area contributed by atoms with E-state index in [1.165, 1.54) is 0 Å². The largest absolute Gasteiger partial charge is 0.484 e.